The Kier molecular flexibility index (Phi) is 5.91. The van der Waals surface area contributed by atoms with Crippen molar-refractivity contribution in [2.75, 3.05) is 25.0 Å². The molecule has 2 amide bonds. The first kappa shape index (κ1) is 16.9. The molecule has 5 nitrogen and oxygen atoms in total. The topological polar surface area (TPSA) is 58.6 Å². The summed E-state index contributed by atoms with van der Waals surface area (Å²) in [6.45, 7) is 3.11. The summed E-state index contributed by atoms with van der Waals surface area (Å²) < 4.78 is 5.03. The maximum atomic E-state index is 12.3. The Labute approximate surface area is 139 Å². The van der Waals surface area contributed by atoms with Crippen LogP contribution in [0.5, 0.6) is 0 Å². The van der Waals surface area contributed by atoms with Gasteiger partial charge in [0.2, 0.25) is 0 Å². The lowest BCUT2D eigenvalue weighted by atomic mass is 9.98. The number of esters is 1. The van der Waals surface area contributed by atoms with E-state index < -0.39 is 0 Å². The van der Waals surface area contributed by atoms with Crippen molar-refractivity contribution < 1.29 is 14.3 Å². The molecule has 120 valence electrons. The van der Waals surface area contributed by atoms with Crippen LogP contribution in [0.3, 0.4) is 0 Å². The molecule has 1 N–H and O–H groups in total. The quantitative estimate of drug-likeness (QED) is 0.848. The molecule has 0 aliphatic carbocycles. The molecule has 0 bridgehead atoms. The minimum absolute atomic E-state index is 0.241. The Morgan fingerprint density at radius 2 is 2.14 bits per heavy atom. The second-order valence-electron chi connectivity index (χ2n) is 5.10. The summed E-state index contributed by atoms with van der Waals surface area (Å²) in [5.41, 5.74) is 0.567. The SMILES string of the molecule is CCOC(=O)C1CCCN(C(=O)Nc2ccc(Cl)c(Cl)c2)C1. The molecule has 0 aromatic heterocycles. The molecule has 1 aliphatic heterocycles. The number of benzene rings is 1. The number of urea groups is 1. The molecule has 7 heteroatoms. The molecular formula is C15H18Cl2N2O3. The van der Waals surface area contributed by atoms with Gasteiger partial charge in [-0.1, -0.05) is 23.2 Å². The summed E-state index contributed by atoms with van der Waals surface area (Å²) in [5, 5.41) is 3.57. The first-order valence-corrected chi connectivity index (χ1v) is 7.94. The first-order valence-electron chi connectivity index (χ1n) is 7.19. The number of amides is 2. The van der Waals surface area contributed by atoms with Gasteiger partial charge in [0.05, 0.1) is 22.6 Å². The van der Waals surface area contributed by atoms with Crippen LogP contribution >= 0.6 is 23.2 Å². The summed E-state index contributed by atoms with van der Waals surface area (Å²) >= 11 is 11.8. The lowest BCUT2D eigenvalue weighted by Crippen LogP contribution is -2.44. The highest BCUT2D eigenvalue weighted by atomic mass is 35.5. The number of hydrogen-bond donors (Lipinski definition) is 1. The van der Waals surface area contributed by atoms with Gasteiger partial charge in [0.15, 0.2) is 0 Å². The zero-order chi connectivity index (χ0) is 16.1. The van der Waals surface area contributed by atoms with E-state index in [1.54, 1.807) is 30.0 Å². The van der Waals surface area contributed by atoms with Gasteiger partial charge < -0.3 is 15.0 Å². The molecule has 2 rings (SSSR count). The molecule has 1 unspecified atom stereocenters. The van der Waals surface area contributed by atoms with Crippen molar-refractivity contribution in [2.45, 2.75) is 19.8 Å². The molecular weight excluding hydrogens is 327 g/mol. The zero-order valence-electron chi connectivity index (χ0n) is 12.3. The average molecular weight is 345 g/mol. The van der Waals surface area contributed by atoms with Gasteiger partial charge in [-0.05, 0) is 38.0 Å². The van der Waals surface area contributed by atoms with Gasteiger partial charge in [-0.3, -0.25) is 4.79 Å². The van der Waals surface area contributed by atoms with Crippen LogP contribution in [-0.4, -0.2) is 36.6 Å². The van der Waals surface area contributed by atoms with E-state index in [1.165, 1.54) is 0 Å². The molecule has 0 spiro atoms. The first-order chi connectivity index (χ1) is 10.5. The fourth-order valence-corrected chi connectivity index (χ4v) is 2.69. The number of piperidine rings is 1. The fraction of sp³-hybridized carbons (Fsp3) is 0.467. The van der Waals surface area contributed by atoms with Crippen molar-refractivity contribution in [3.8, 4) is 0 Å². The summed E-state index contributed by atoms with van der Waals surface area (Å²) in [7, 11) is 0. The lowest BCUT2D eigenvalue weighted by Gasteiger charge is -2.31. The summed E-state index contributed by atoms with van der Waals surface area (Å²) in [4.78, 5) is 25.7. The molecule has 1 aliphatic rings. The van der Waals surface area contributed by atoms with Crippen LogP contribution in [0.15, 0.2) is 18.2 Å². The van der Waals surface area contributed by atoms with Crippen molar-refractivity contribution in [1.82, 2.24) is 4.90 Å². The van der Waals surface area contributed by atoms with E-state index in [2.05, 4.69) is 5.32 Å². The molecule has 1 fully saturated rings. The van der Waals surface area contributed by atoms with Crippen LogP contribution in [0.4, 0.5) is 10.5 Å². The van der Waals surface area contributed by atoms with Crippen LogP contribution in [-0.2, 0) is 9.53 Å². The molecule has 0 saturated carbocycles. The van der Waals surface area contributed by atoms with Crippen LogP contribution in [0.25, 0.3) is 0 Å². The van der Waals surface area contributed by atoms with Crippen molar-refractivity contribution >= 4 is 40.9 Å². The lowest BCUT2D eigenvalue weighted by molar-refractivity contribution is -0.149. The second-order valence-corrected chi connectivity index (χ2v) is 5.91. The number of carbonyl (C=O) groups excluding carboxylic acids is 2. The van der Waals surface area contributed by atoms with Gasteiger partial charge in [-0.2, -0.15) is 0 Å². The number of likely N-dealkylation sites (tertiary alicyclic amines) is 1. The van der Waals surface area contributed by atoms with E-state index >= 15 is 0 Å². The number of ether oxygens (including phenoxy) is 1. The minimum atomic E-state index is -0.257. The predicted octanol–water partition coefficient (Wildman–Crippen LogP) is 3.80. The Bertz CT molecular complexity index is 566. The van der Waals surface area contributed by atoms with Gasteiger partial charge in [0.25, 0.3) is 0 Å². The summed E-state index contributed by atoms with van der Waals surface area (Å²) in [6, 6.07) is 4.64. The Hall–Kier alpha value is -1.46. The monoisotopic (exact) mass is 344 g/mol. The smallest absolute Gasteiger partial charge is 0.321 e. The number of anilines is 1. The van der Waals surface area contributed by atoms with Crippen LogP contribution < -0.4 is 5.32 Å². The summed E-state index contributed by atoms with van der Waals surface area (Å²) in [5.74, 6) is -0.497. The van der Waals surface area contributed by atoms with Crippen molar-refractivity contribution in [1.29, 1.82) is 0 Å². The number of nitrogens with zero attached hydrogens (tertiary/aromatic N) is 1. The number of hydrogen-bond acceptors (Lipinski definition) is 3. The Balaban J connectivity index is 1.96. The van der Waals surface area contributed by atoms with E-state index in [0.717, 1.165) is 12.8 Å². The van der Waals surface area contributed by atoms with Crippen molar-refractivity contribution in [2.24, 2.45) is 5.92 Å². The Morgan fingerprint density at radius 1 is 1.36 bits per heavy atom. The van der Waals surface area contributed by atoms with Gasteiger partial charge in [-0.15, -0.1) is 0 Å². The van der Waals surface area contributed by atoms with E-state index in [-0.39, 0.29) is 17.9 Å². The average Bonchev–Trinajstić information content (AvgIpc) is 2.51. The number of rotatable bonds is 3. The van der Waals surface area contributed by atoms with E-state index in [1.807, 2.05) is 0 Å². The van der Waals surface area contributed by atoms with Gasteiger partial charge in [0.1, 0.15) is 0 Å². The standard InChI is InChI=1S/C15H18Cl2N2O3/c1-2-22-14(20)10-4-3-7-19(9-10)15(21)18-11-5-6-12(16)13(17)8-11/h5-6,8,10H,2-4,7,9H2,1H3,(H,18,21). The predicted molar refractivity (Wildman–Crippen MR) is 86.4 cm³/mol. The van der Waals surface area contributed by atoms with E-state index in [0.29, 0.717) is 35.4 Å². The Morgan fingerprint density at radius 3 is 2.82 bits per heavy atom. The molecule has 1 atom stereocenters. The number of nitrogens with one attached hydrogen (secondary N) is 1. The van der Waals surface area contributed by atoms with Crippen molar-refractivity contribution in [3.63, 3.8) is 0 Å². The van der Waals surface area contributed by atoms with Gasteiger partial charge in [-0.25, -0.2) is 4.79 Å². The molecule has 1 aromatic carbocycles. The van der Waals surface area contributed by atoms with Gasteiger partial charge in [0, 0.05) is 18.8 Å². The highest BCUT2D eigenvalue weighted by molar-refractivity contribution is 6.42. The van der Waals surface area contributed by atoms with Crippen molar-refractivity contribution in [3.05, 3.63) is 28.2 Å². The third kappa shape index (κ3) is 4.27. The van der Waals surface area contributed by atoms with Crippen LogP contribution in [0.2, 0.25) is 10.0 Å². The largest absolute Gasteiger partial charge is 0.466 e. The normalized spacial score (nSPS) is 18.0. The molecule has 0 radical (unpaired) electrons. The van der Waals surface area contributed by atoms with E-state index in [9.17, 15) is 9.59 Å². The fourth-order valence-electron chi connectivity index (χ4n) is 2.39. The summed E-state index contributed by atoms with van der Waals surface area (Å²) in [6.07, 6.45) is 1.52. The molecule has 1 aromatic rings. The maximum absolute atomic E-state index is 12.3. The van der Waals surface area contributed by atoms with E-state index in [4.69, 9.17) is 27.9 Å². The minimum Gasteiger partial charge on any atom is -0.466 e. The number of halogens is 2. The maximum Gasteiger partial charge on any atom is 0.321 e. The van der Waals surface area contributed by atoms with Gasteiger partial charge >= 0.3 is 12.0 Å². The van der Waals surface area contributed by atoms with Crippen LogP contribution in [0, 0.1) is 5.92 Å². The third-order valence-electron chi connectivity index (χ3n) is 3.50. The molecule has 1 saturated heterocycles. The molecule has 1 heterocycles. The molecule has 22 heavy (non-hydrogen) atoms. The van der Waals surface area contributed by atoms with Crippen LogP contribution in [0.1, 0.15) is 19.8 Å². The number of carbonyl (C=O) groups is 2. The zero-order valence-corrected chi connectivity index (χ0v) is 13.8. The third-order valence-corrected chi connectivity index (χ3v) is 4.24. The highest BCUT2D eigenvalue weighted by Gasteiger charge is 2.29. The highest BCUT2D eigenvalue weighted by Crippen LogP contribution is 2.25. The second kappa shape index (κ2) is 7.70.